The minimum Gasteiger partial charge on any atom is -0.493 e. The zero-order valence-electron chi connectivity index (χ0n) is 13.6. The Morgan fingerprint density at radius 2 is 2.00 bits per heavy atom. The maximum absolute atomic E-state index is 12.4. The fourth-order valence-corrected chi connectivity index (χ4v) is 2.42. The minimum atomic E-state index is -0.536. The molecule has 6 heteroatoms. The smallest absolute Gasteiger partial charge is 0.266 e. The molecule has 0 saturated heterocycles. The number of benzene rings is 2. The van der Waals surface area contributed by atoms with Crippen LogP contribution in [0.25, 0.3) is 6.08 Å². The van der Waals surface area contributed by atoms with Gasteiger partial charge in [0.25, 0.3) is 5.91 Å². The van der Waals surface area contributed by atoms with E-state index in [1.807, 2.05) is 13.0 Å². The van der Waals surface area contributed by atoms with Crippen molar-refractivity contribution in [2.24, 2.45) is 0 Å². The first-order valence-corrected chi connectivity index (χ1v) is 8.40. The molecular weight excluding hydrogens is 359 g/mol. The van der Waals surface area contributed by atoms with Crippen LogP contribution >= 0.6 is 23.2 Å². The number of carbonyl (C=O) groups is 1. The lowest BCUT2D eigenvalue weighted by molar-refractivity contribution is -0.112. The minimum absolute atomic E-state index is 0.0661. The molecule has 0 bridgehead atoms. The van der Waals surface area contributed by atoms with E-state index in [0.29, 0.717) is 33.7 Å². The molecule has 0 atom stereocenters. The van der Waals surface area contributed by atoms with E-state index >= 15 is 0 Å². The summed E-state index contributed by atoms with van der Waals surface area (Å²) in [4.78, 5) is 12.4. The molecule has 0 aliphatic heterocycles. The Kier molecular flexibility index (Phi) is 6.88. The van der Waals surface area contributed by atoms with E-state index in [4.69, 9.17) is 27.9 Å². The highest BCUT2D eigenvalue weighted by Crippen LogP contribution is 2.26. The molecule has 2 rings (SSSR count). The lowest BCUT2D eigenvalue weighted by Crippen LogP contribution is -2.13. The summed E-state index contributed by atoms with van der Waals surface area (Å²) in [7, 11) is 0. The van der Waals surface area contributed by atoms with Crippen molar-refractivity contribution in [2.45, 2.75) is 13.3 Å². The molecule has 128 valence electrons. The first kappa shape index (κ1) is 18.9. The number of hydrogen-bond acceptors (Lipinski definition) is 3. The fourth-order valence-electron chi connectivity index (χ4n) is 2.04. The topological polar surface area (TPSA) is 62.1 Å². The van der Waals surface area contributed by atoms with Crippen LogP contribution in [0, 0.1) is 11.3 Å². The van der Waals surface area contributed by atoms with Gasteiger partial charge in [-0.3, -0.25) is 4.79 Å². The van der Waals surface area contributed by atoms with E-state index in [0.717, 1.165) is 6.42 Å². The third kappa shape index (κ3) is 5.53. The Morgan fingerprint density at radius 3 is 2.68 bits per heavy atom. The summed E-state index contributed by atoms with van der Waals surface area (Å²) in [6.45, 7) is 2.52. The van der Waals surface area contributed by atoms with E-state index in [1.165, 1.54) is 6.08 Å². The van der Waals surface area contributed by atoms with Crippen molar-refractivity contribution in [3.63, 3.8) is 0 Å². The molecule has 2 aromatic carbocycles. The number of nitriles is 1. The van der Waals surface area contributed by atoms with Crippen LogP contribution in [0.5, 0.6) is 5.75 Å². The van der Waals surface area contributed by atoms with Crippen molar-refractivity contribution in [1.29, 1.82) is 5.26 Å². The van der Waals surface area contributed by atoms with Gasteiger partial charge in [-0.15, -0.1) is 0 Å². The summed E-state index contributed by atoms with van der Waals surface area (Å²) in [5.41, 5.74) is 1.01. The van der Waals surface area contributed by atoms with Gasteiger partial charge in [0.1, 0.15) is 17.4 Å². The summed E-state index contributed by atoms with van der Waals surface area (Å²) < 4.78 is 5.64. The highest BCUT2D eigenvalue weighted by atomic mass is 35.5. The first-order valence-electron chi connectivity index (χ1n) is 7.64. The number of nitrogens with zero attached hydrogens (tertiary/aromatic N) is 1. The molecule has 0 spiro atoms. The zero-order valence-corrected chi connectivity index (χ0v) is 15.1. The summed E-state index contributed by atoms with van der Waals surface area (Å²) in [6, 6.07) is 13.7. The van der Waals surface area contributed by atoms with Crippen molar-refractivity contribution in [1.82, 2.24) is 0 Å². The molecule has 0 aromatic heterocycles. The number of anilines is 1. The van der Waals surface area contributed by atoms with Crippen molar-refractivity contribution in [3.05, 3.63) is 63.6 Å². The number of amides is 1. The molecule has 0 aliphatic rings. The molecule has 0 aliphatic carbocycles. The highest BCUT2D eigenvalue weighted by Gasteiger charge is 2.12. The SMILES string of the molecule is CCCOc1ccc(Cl)cc1/C=C(\C#N)C(=O)Nc1cccc(Cl)c1. The normalized spacial score (nSPS) is 10.9. The molecule has 0 saturated carbocycles. The number of carbonyl (C=O) groups excluding carboxylic acids is 1. The van der Waals surface area contributed by atoms with Crippen LogP contribution in [0.4, 0.5) is 5.69 Å². The molecule has 0 fully saturated rings. The van der Waals surface area contributed by atoms with Crippen molar-refractivity contribution in [2.75, 3.05) is 11.9 Å². The Labute approximate surface area is 156 Å². The average molecular weight is 375 g/mol. The monoisotopic (exact) mass is 374 g/mol. The number of ether oxygens (including phenoxy) is 1. The van der Waals surface area contributed by atoms with Crippen LogP contribution in [-0.4, -0.2) is 12.5 Å². The van der Waals surface area contributed by atoms with Gasteiger partial charge in [-0.05, 0) is 48.9 Å². The van der Waals surface area contributed by atoms with Gasteiger partial charge in [0.05, 0.1) is 6.61 Å². The van der Waals surface area contributed by atoms with Gasteiger partial charge >= 0.3 is 0 Å². The van der Waals surface area contributed by atoms with Crippen LogP contribution in [-0.2, 0) is 4.79 Å². The Balaban J connectivity index is 2.29. The van der Waals surface area contributed by atoms with Crippen LogP contribution in [0.2, 0.25) is 10.0 Å². The van der Waals surface area contributed by atoms with Crippen LogP contribution in [0.15, 0.2) is 48.0 Å². The standard InChI is InChI=1S/C19H16Cl2N2O2/c1-2-8-25-18-7-6-16(21)10-13(18)9-14(12-22)19(24)23-17-5-3-4-15(20)11-17/h3-7,9-11H,2,8H2,1H3,(H,23,24)/b14-9+. The van der Waals surface area contributed by atoms with Crippen LogP contribution in [0.3, 0.4) is 0 Å². The third-order valence-corrected chi connectivity index (χ3v) is 3.65. The summed E-state index contributed by atoms with van der Waals surface area (Å²) in [6.07, 6.45) is 2.29. The molecule has 1 N–H and O–H groups in total. The van der Waals surface area contributed by atoms with Crippen LogP contribution in [0.1, 0.15) is 18.9 Å². The lowest BCUT2D eigenvalue weighted by atomic mass is 10.1. The van der Waals surface area contributed by atoms with Gasteiger partial charge in [0.15, 0.2) is 0 Å². The zero-order chi connectivity index (χ0) is 18.2. The van der Waals surface area contributed by atoms with E-state index in [-0.39, 0.29) is 5.57 Å². The molecule has 0 radical (unpaired) electrons. The quantitative estimate of drug-likeness (QED) is 0.549. The Morgan fingerprint density at radius 1 is 1.24 bits per heavy atom. The third-order valence-electron chi connectivity index (χ3n) is 3.18. The molecule has 0 unspecified atom stereocenters. The van der Waals surface area contributed by atoms with Crippen LogP contribution < -0.4 is 10.1 Å². The van der Waals surface area contributed by atoms with E-state index in [2.05, 4.69) is 5.32 Å². The average Bonchev–Trinajstić information content (AvgIpc) is 2.58. The molecule has 0 heterocycles. The number of hydrogen-bond donors (Lipinski definition) is 1. The highest BCUT2D eigenvalue weighted by molar-refractivity contribution is 6.31. The Bertz CT molecular complexity index is 842. The van der Waals surface area contributed by atoms with Gasteiger partial charge in [-0.25, -0.2) is 0 Å². The van der Waals surface area contributed by atoms with E-state index < -0.39 is 5.91 Å². The predicted molar refractivity (Wildman–Crippen MR) is 101 cm³/mol. The summed E-state index contributed by atoms with van der Waals surface area (Å²) >= 11 is 11.9. The maximum atomic E-state index is 12.4. The summed E-state index contributed by atoms with van der Waals surface area (Å²) in [5, 5.41) is 13.0. The van der Waals surface area contributed by atoms with E-state index in [1.54, 1.807) is 42.5 Å². The summed E-state index contributed by atoms with van der Waals surface area (Å²) in [5.74, 6) is 0.0285. The van der Waals surface area contributed by atoms with Crippen molar-refractivity contribution >= 4 is 40.9 Å². The van der Waals surface area contributed by atoms with E-state index in [9.17, 15) is 10.1 Å². The maximum Gasteiger partial charge on any atom is 0.266 e. The van der Waals surface area contributed by atoms with Gasteiger partial charge in [0, 0.05) is 21.3 Å². The number of halogens is 2. The molecule has 4 nitrogen and oxygen atoms in total. The second-order valence-electron chi connectivity index (χ2n) is 5.16. The fraction of sp³-hybridized carbons (Fsp3) is 0.158. The molecule has 1 amide bonds. The number of nitrogens with one attached hydrogen (secondary N) is 1. The van der Waals surface area contributed by atoms with Gasteiger partial charge in [-0.2, -0.15) is 5.26 Å². The molecule has 2 aromatic rings. The second-order valence-corrected chi connectivity index (χ2v) is 6.04. The van der Waals surface area contributed by atoms with Gasteiger partial charge < -0.3 is 10.1 Å². The Hall–Kier alpha value is -2.48. The lowest BCUT2D eigenvalue weighted by Gasteiger charge is -2.09. The first-order chi connectivity index (χ1) is 12.0. The number of rotatable bonds is 6. The molecular formula is C19H16Cl2N2O2. The second kappa shape index (κ2) is 9.12. The van der Waals surface area contributed by atoms with Crippen molar-refractivity contribution < 1.29 is 9.53 Å². The predicted octanol–water partition coefficient (Wildman–Crippen LogP) is 5.33. The van der Waals surface area contributed by atoms with Gasteiger partial charge in [0.2, 0.25) is 0 Å². The molecule has 25 heavy (non-hydrogen) atoms. The van der Waals surface area contributed by atoms with Crippen molar-refractivity contribution in [3.8, 4) is 11.8 Å². The largest absolute Gasteiger partial charge is 0.493 e. The van der Waals surface area contributed by atoms with Gasteiger partial charge in [-0.1, -0.05) is 36.2 Å².